The maximum absolute atomic E-state index is 12.4. The molecule has 4 rings (SSSR count). The molecule has 2 aromatic rings. The van der Waals surface area contributed by atoms with Gasteiger partial charge in [-0.05, 0) is 44.4 Å². The topological polar surface area (TPSA) is 45.2 Å². The molecule has 0 aliphatic carbocycles. The summed E-state index contributed by atoms with van der Waals surface area (Å²) in [6, 6.07) is 4.31. The first-order chi connectivity index (χ1) is 10.2. The van der Waals surface area contributed by atoms with Crippen LogP contribution in [0.3, 0.4) is 0 Å². The third-order valence-corrected chi connectivity index (χ3v) is 5.57. The number of piperidine rings is 1. The second kappa shape index (κ2) is 5.07. The SMILES string of the molecule is Cc1cc2cnc(C(=O)N[C@@H]3CC4CCN(C4)C3)cc2s1. The minimum absolute atomic E-state index is 0.0320. The van der Waals surface area contributed by atoms with Crippen molar-refractivity contribution >= 4 is 27.3 Å². The fourth-order valence-corrected chi connectivity index (χ4v) is 4.55. The van der Waals surface area contributed by atoms with Crippen molar-refractivity contribution in [1.82, 2.24) is 15.2 Å². The van der Waals surface area contributed by atoms with Gasteiger partial charge in [-0.1, -0.05) is 0 Å². The number of rotatable bonds is 2. The van der Waals surface area contributed by atoms with Crippen LogP contribution in [0.2, 0.25) is 0 Å². The van der Waals surface area contributed by atoms with Gasteiger partial charge in [0.15, 0.2) is 0 Å². The van der Waals surface area contributed by atoms with Gasteiger partial charge in [0.25, 0.3) is 5.91 Å². The molecular weight excluding hydrogens is 282 g/mol. The summed E-state index contributed by atoms with van der Waals surface area (Å²) >= 11 is 1.71. The van der Waals surface area contributed by atoms with Gasteiger partial charge >= 0.3 is 0 Å². The van der Waals surface area contributed by atoms with Gasteiger partial charge in [-0.3, -0.25) is 9.78 Å². The van der Waals surface area contributed by atoms with Crippen molar-refractivity contribution in [2.24, 2.45) is 5.92 Å². The molecular formula is C16H19N3OS. The Morgan fingerprint density at radius 3 is 3.19 bits per heavy atom. The molecule has 21 heavy (non-hydrogen) atoms. The molecule has 4 heterocycles. The number of pyridine rings is 1. The van der Waals surface area contributed by atoms with Crippen molar-refractivity contribution in [2.75, 3.05) is 19.6 Å². The second-order valence-electron chi connectivity index (χ2n) is 6.28. The zero-order valence-corrected chi connectivity index (χ0v) is 12.9. The quantitative estimate of drug-likeness (QED) is 0.926. The summed E-state index contributed by atoms with van der Waals surface area (Å²) in [6.45, 7) is 5.47. The zero-order chi connectivity index (χ0) is 14.4. The number of hydrogen-bond donors (Lipinski definition) is 1. The summed E-state index contributed by atoms with van der Waals surface area (Å²) in [5, 5.41) is 4.29. The van der Waals surface area contributed by atoms with Crippen LogP contribution in [0, 0.1) is 12.8 Å². The van der Waals surface area contributed by atoms with Crippen LogP contribution in [0.1, 0.15) is 28.2 Å². The summed E-state index contributed by atoms with van der Waals surface area (Å²) in [4.78, 5) is 20.4. The third kappa shape index (κ3) is 2.56. The van der Waals surface area contributed by atoms with Crippen LogP contribution in [-0.2, 0) is 0 Å². The first kappa shape index (κ1) is 13.2. The first-order valence-electron chi connectivity index (χ1n) is 7.57. The van der Waals surface area contributed by atoms with Gasteiger partial charge in [-0.15, -0.1) is 11.3 Å². The number of carbonyl (C=O) groups excluding carboxylic acids is 1. The van der Waals surface area contributed by atoms with E-state index < -0.39 is 0 Å². The number of aryl methyl sites for hydroxylation is 1. The van der Waals surface area contributed by atoms with Gasteiger partial charge in [-0.25, -0.2) is 0 Å². The minimum Gasteiger partial charge on any atom is -0.347 e. The van der Waals surface area contributed by atoms with E-state index in [1.807, 2.05) is 12.3 Å². The molecule has 0 saturated carbocycles. The van der Waals surface area contributed by atoms with Gasteiger partial charge in [-0.2, -0.15) is 0 Å². The number of thiophene rings is 1. The fourth-order valence-electron chi connectivity index (χ4n) is 3.61. The van der Waals surface area contributed by atoms with Crippen LogP contribution >= 0.6 is 11.3 Å². The molecule has 2 aliphatic heterocycles. The van der Waals surface area contributed by atoms with Crippen LogP contribution in [0.4, 0.5) is 0 Å². The van der Waals surface area contributed by atoms with Crippen LogP contribution in [-0.4, -0.2) is 41.5 Å². The first-order valence-corrected chi connectivity index (χ1v) is 8.38. The molecule has 2 fully saturated rings. The van der Waals surface area contributed by atoms with Crippen LogP contribution in [0.15, 0.2) is 18.3 Å². The summed E-state index contributed by atoms with van der Waals surface area (Å²) in [6.07, 6.45) is 4.20. The van der Waals surface area contributed by atoms with E-state index in [1.165, 1.54) is 24.4 Å². The molecule has 2 aromatic heterocycles. The Labute approximate surface area is 128 Å². The van der Waals surface area contributed by atoms with Crippen molar-refractivity contribution in [3.05, 3.63) is 28.9 Å². The molecule has 0 aromatic carbocycles. The Bertz CT molecular complexity index is 684. The van der Waals surface area contributed by atoms with Gasteiger partial charge in [0.1, 0.15) is 5.69 Å². The van der Waals surface area contributed by atoms with Gasteiger partial charge in [0.05, 0.1) is 0 Å². The van der Waals surface area contributed by atoms with E-state index in [0.29, 0.717) is 5.69 Å². The molecule has 3 atom stereocenters. The van der Waals surface area contributed by atoms with E-state index >= 15 is 0 Å². The zero-order valence-electron chi connectivity index (χ0n) is 12.1. The highest BCUT2D eigenvalue weighted by Gasteiger charge is 2.33. The largest absolute Gasteiger partial charge is 0.347 e. The lowest BCUT2D eigenvalue weighted by atomic mass is 9.97. The lowest BCUT2D eigenvalue weighted by Gasteiger charge is -2.30. The molecule has 0 radical (unpaired) electrons. The molecule has 0 spiro atoms. The Morgan fingerprint density at radius 1 is 1.43 bits per heavy atom. The highest BCUT2D eigenvalue weighted by Crippen LogP contribution is 2.27. The summed E-state index contributed by atoms with van der Waals surface area (Å²) in [5.74, 6) is 0.731. The predicted octanol–water partition coefficient (Wildman–Crippen LogP) is 2.43. The monoisotopic (exact) mass is 301 g/mol. The average molecular weight is 301 g/mol. The highest BCUT2D eigenvalue weighted by atomic mass is 32.1. The number of nitrogens with one attached hydrogen (secondary N) is 1. The number of hydrogen-bond acceptors (Lipinski definition) is 4. The van der Waals surface area contributed by atoms with E-state index in [0.717, 1.165) is 29.0 Å². The van der Waals surface area contributed by atoms with Crippen molar-refractivity contribution < 1.29 is 4.79 Å². The van der Waals surface area contributed by atoms with E-state index in [2.05, 4.69) is 28.2 Å². The number of fused-ring (bicyclic) bond motifs is 3. The van der Waals surface area contributed by atoms with Crippen molar-refractivity contribution in [3.63, 3.8) is 0 Å². The summed E-state index contributed by atoms with van der Waals surface area (Å²) in [7, 11) is 0. The predicted molar refractivity (Wildman–Crippen MR) is 84.8 cm³/mol. The van der Waals surface area contributed by atoms with Crippen molar-refractivity contribution in [1.29, 1.82) is 0 Å². The molecule has 1 amide bonds. The van der Waals surface area contributed by atoms with Gasteiger partial charge < -0.3 is 10.2 Å². The number of aromatic nitrogens is 1. The molecule has 2 aliphatic rings. The smallest absolute Gasteiger partial charge is 0.270 e. The summed E-state index contributed by atoms with van der Waals surface area (Å²) in [5.41, 5.74) is 0.539. The molecule has 5 heteroatoms. The minimum atomic E-state index is -0.0320. The summed E-state index contributed by atoms with van der Waals surface area (Å²) < 4.78 is 1.14. The van der Waals surface area contributed by atoms with Crippen LogP contribution in [0.5, 0.6) is 0 Å². The Balaban J connectivity index is 1.50. The number of nitrogens with zero attached hydrogens (tertiary/aromatic N) is 2. The fraction of sp³-hybridized carbons (Fsp3) is 0.500. The van der Waals surface area contributed by atoms with E-state index in [9.17, 15) is 4.79 Å². The van der Waals surface area contributed by atoms with Crippen molar-refractivity contribution in [2.45, 2.75) is 25.8 Å². The van der Waals surface area contributed by atoms with E-state index in [4.69, 9.17) is 0 Å². The standard InChI is InChI=1S/C16H19N3OS/c1-10-4-12-7-17-14(6-15(12)21-10)16(20)18-13-5-11-2-3-19(8-11)9-13/h4,6-7,11,13H,2-3,5,8-9H2,1H3,(H,18,20)/t11?,13-/m1/s1. The number of amides is 1. The lowest BCUT2D eigenvalue weighted by molar-refractivity contribution is 0.0904. The van der Waals surface area contributed by atoms with Crippen LogP contribution in [0.25, 0.3) is 10.1 Å². The maximum Gasteiger partial charge on any atom is 0.270 e. The van der Waals surface area contributed by atoms with Gasteiger partial charge in [0.2, 0.25) is 0 Å². The van der Waals surface area contributed by atoms with Gasteiger partial charge in [0, 0.05) is 40.3 Å². The Morgan fingerprint density at radius 2 is 2.33 bits per heavy atom. The number of carbonyl (C=O) groups is 1. The molecule has 4 nitrogen and oxygen atoms in total. The molecule has 1 N–H and O–H groups in total. The van der Waals surface area contributed by atoms with Crippen molar-refractivity contribution in [3.8, 4) is 0 Å². The molecule has 110 valence electrons. The Hall–Kier alpha value is -1.46. The molecule has 2 unspecified atom stereocenters. The lowest BCUT2D eigenvalue weighted by Crippen LogP contribution is -2.47. The maximum atomic E-state index is 12.4. The van der Waals surface area contributed by atoms with E-state index in [-0.39, 0.29) is 11.9 Å². The molecule has 2 saturated heterocycles. The normalized spacial score (nSPS) is 28.0. The van der Waals surface area contributed by atoms with E-state index in [1.54, 1.807) is 11.3 Å². The highest BCUT2D eigenvalue weighted by molar-refractivity contribution is 7.19. The molecule has 2 bridgehead atoms. The third-order valence-electron chi connectivity index (χ3n) is 4.56. The average Bonchev–Trinajstić information content (AvgIpc) is 2.99. The Kier molecular flexibility index (Phi) is 3.19. The second-order valence-corrected chi connectivity index (χ2v) is 7.57. The van der Waals surface area contributed by atoms with Crippen LogP contribution < -0.4 is 5.32 Å².